The Labute approximate surface area is 179 Å². The summed E-state index contributed by atoms with van der Waals surface area (Å²) in [5, 5.41) is 0. The maximum Gasteiger partial charge on any atom is 0.160 e. The van der Waals surface area contributed by atoms with Crippen LogP contribution in [0.1, 0.15) is 74.0 Å². The number of fused-ring (bicyclic) bond motifs is 1. The molecule has 2 aromatic rings. The molecule has 2 heteroatoms. The molecule has 2 fully saturated rings. The van der Waals surface area contributed by atoms with Gasteiger partial charge in [0.25, 0.3) is 0 Å². The third-order valence-electron chi connectivity index (χ3n) is 7.15. The Hall–Kier alpha value is -2.40. The normalized spacial score (nSPS) is 25.7. The van der Waals surface area contributed by atoms with Crippen LogP contribution in [0.25, 0.3) is 0 Å². The van der Waals surface area contributed by atoms with Crippen LogP contribution in [0.3, 0.4) is 0 Å². The molecule has 0 aliphatic heterocycles. The topological polar surface area (TPSA) is 0 Å². The van der Waals surface area contributed by atoms with Gasteiger partial charge in [0.15, 0.2) is 11.6 Å². The van der Waals surface area contributed by atoms with Crippen LogP contribution in [-0.4, -0.2) is 0 Å². The highest BCUT2D eigenvalue weighted by Gasteiger charge is 2.35. The predicted molar refractivity (Wildman–Crippen MR) is 119 cm³/mol. The van der Waals surface area contributed by atoms with Crippen molar-refractivity contribution in [3.8, 4) is 11.8 Å². The van der Waals surface area contributed by atoms with Crippen LogP contribution in [0.2, 0.25) is 0 Å². The average Bonchev–Trinajstić information content (AvgIpc) is 2.78. The van der Waals surface area contributed by atoms with Gasteiger partial charge in [-0.15, -0.1) is 6.58 Å². The van der Waals surface area contributed by atoms with E-state index in [2.05, 4.69) is 48.8 Å². The van der Waals surface area contributed by atoms with Crippen molar-refractivity contribution < 1.29 is 8.78 Å². The van der Waals surface area contributed by atoms with Gasteiger partial charge in [-0.2, -0.15) is 0 Å². The van der Waals surface area contributed by atoms with E-state index in [-0.39, 0.29) is 0 Å². The van der Waals surface area contributed by atoms with Gasteiger partial charge in [0.2, 0.25) is 0 Å². The van der Waals surface area contributed by atoms with Crippen molar-refractivity contribution in [1.82, 2.24) is 0 Å². The van der Waals surface area contributed by atoms with Crippen molar-refractivity contribution in [2.24, 2.45) is 17.8 Å². The Kier molecular flexibility index (Phi) is 6.68. The zero-order valence-electron chi connectivity index (χ0n) is 17.5. The van der Waals surface area contributed by atoms with Gasteiger partial charge in [-0.3, -0.25) is 0 Å². The molecular formula is C28H30F2. The van der Waals surface area contributed by atoms with E-state index in [0.29, 0.717) is 11.5 Å². The minimum absolute atomic E-state index is 0.486. The number of halogens is 2. The molecule has 0 radical (unpaired) electrons. The smallest absolute Gasteiger partial charge is 0.160 e. The first-order valence-electron chi connectivity index (χ1n) is 11.3. The van der Waals surface area contributed by atoms with Gasteiger partial charge < -0.3 is 0 Å². The molecule has 4 unspecified atom stereocenters. The maximum absolute atomic E-state index is 13.3. The van der Waals surface area contributed by atoms with E-state index in [1.807, 2.05) is 0 Å². The zero-order valence-corrected chi connectivity index (χ0v) is 17.5. The first kappa shape index (κ1) is 20.9. The van der Waals surface area contributed by atoms with Crippen LogP contribution in [0.4, 0.5) is 8.78 Å². The standard InChI is InChI=1S/C28H30F2/c1-2-3-4-21-9-13-26-19-25(15-14-24(26)17-21)23-11-7-20(8-12-23)5-6-22-10-16-27(29)28(30)18-22/h2,7-8,10-12,16,18,21,24-26H,1,3-4,9,13-15,17,19H2. The van der Waals surface area contributed by atoms with Gasteiger partial charge in [0.1, 0.15) is 0 Å². The number of hydrogen-bond donors (Lipinski definition) is 0. The zero-order chi connectivity index (χ0) is 20.9. The summed E-state index contributed by atoms with van der Waals surface area (Å²) >= 11 is 0. The fourth-order valence-corrected chi connectivity index (χ4v) is 5.46. The van der Waals surface area contributed by atoms with Gasteiger partial charge in [-0.1, -0.05) is 36.5 Å². The lowest BCUT2D eigenvalue weighted by Crippen LogP contribution is -2.30. The van der Waals surface area contributed by atoms with E-state index < -0.39 is 11.6 Å². The molecule has 0 bridgehead atoms. The molecule has 0 nitrogen and oxygen atoms in total. The minimum Gasteiger partial charge on any atom is -0.204 e. The summed E-state index contributed by atoms with van der Waals surface area (Å²) in [4.78, 5) is 0. The molecule has 4 atom stereocenters. The monoisotopic (exact) mass is 404 g/mol. The molecule has 2 saturated carbocycles. The second-order valence-electron chi connectivity index (χ2n) is 9.08. The van der Waals surface area contributed by atoms with Crippen molar-refractivity contribution in [2.45, 2.75) is 57.3 Å². The summed E-state index contributed by atoms with van der Waals surface area (Å²) in [6, 6.07) is 12.3. The third-order valence-corrected chi connectivity index (χ3v) is 7.15. The molecule has 0 amide bonds. The van der Waals surface area contributed by atoms with E-state index in [0.717, 1.165) is 41.9 Å². The fraction of sp³-hybridized carbons (Fsp3) is 0.429. The molecule has 0 saturated heterocycles. The first-order chi connectivity index (χ1) is 14.6. The molecule has 0 N–H and O–H groups in total. The van der Waals surface area contributed by atoms with Crippen LogP contribution >= 0.6 is 0 Å². The lowest BCUT2D eigenvalue weighted by molar-refractivity contribution is 0.115. The molecule has 0 spiro atoms. The Morgan fingerprint density at radius 3 is 2.30 bits per heavy atom. The predicted octanol–water partition coefficient (Wildman–Crippen LogP) is 7.63. The van der Waals surface area contributed by atoms with Gasteiger partial charge in [0.05, 0.1) is 0 Å². The van der Waals surface area contributed by atoms with E-state index in [1.165, 1.54) is 56.6 Å². The molecule has 30 heavy (non-hydrogen) atoms. The quantitative estimate of drug-likeness (QED) is 0.363. The van der Waals surface area contributed by atoms with Crippen LogP contribution in [0.15, 0.2) is 55.1 Å². The minimum atomic E-state index is -0.859. The van der Waals surface area contributed by atoms with E-state index in [9.17, 15) is 8.78 Å². The second-order valence-corrected chi connectivity index (χ2v) is 9.08. The van der Waals surface area contributed by atoms with Crippen LogP contribution in [0, 0.1) is 41.2 Å². The van der Waals surface area contributed by atoms with Crippen molar-refractivity contribution in [2.75, 3.05) is 0 Å². The van der Waals surface area contributed by atoms with Gasteiger partial charge >= 0.3 is 0 Å². The molecule has 156 valence electrons. The van der Waals surface area contributed by atoms with Crippen LogP contribution < -0.4 is 0 Å². The highest BCUT2D eigenvalue weighted by Crippen LogP contribution is 2.48. The Morgan fingerprint density at radius 1 is 0.833 bits per heavy atom. The van der Waals surface area contributed by atoms with Gasteiger partial charge in [-0.25, -0.2) is 8.78 Å². The number of benzene rings is 2. The Bertz CT molecular complexity index is 931. The molecular weight excluding hydrogens is 374 g/mol. The first-order valence-corrected chi connectivity index (χ1v) is 11.3. The van der Waals surface area contributed by atoms with Crippen LogP contribution in [0.5, 0.6) is 0 Å². The summed E-state index contributed by atoms with van der Waals surface area (Å²) < 4.78 is 26.3. The summed E-state index contributed by atoms with van der Waals surface area (Å²) in [7, 11) is 0. The lowest BCUT2D eigenvalue weighted by Gasteiger charge is -2.42. The highest BCUT2D eigenvalue weighted by molar-refractivity contribution is 5.44. The Balaban J connectivity index is 1.36. The van der Waals surface area contributed by atoms with Crippen molar-refractivity contribution in [3.05, 3.63) is 83.4 Å². The van der Waals surface area contributed by atoms with Gasteiger partial charge in [0, 0.05) is 11.1 Å². The molecule has 2 aliphatic rings. The highest BCUT2D eigenvalue weighted by atomic mass is 19.2. The van der Waals surface area contributed by atoms with Crippen molar-refractivity contribution >= 4 is 0 Å². The fourth-order valence-electron chi connectivity index (χ4n) is 5.46. The lowest BCUT2D eigenvalue weighted by atomic mass is 9.63. The maximum atomic E-state index is 13.3. The third kappa shape index (κ3) is 5.01. The molecule has 2 aliphatic carbocycles. The van der Waals surface area contributed by atoms with E-state index in [4.69, 9.17) is 0 Å². The number of rotatable bonds is 4. The van der Waals surface area contributed by atoms with Crippen molar-refractivity contribution in [3.63, 3.8) is 0 Å². The molecule has 2 aromatic carbocycles. The SMILES string of the molecule is C=CCCC1CCC2CC(c3ccc(C#Cc4ccc(F)c(F)c4)cc3)CCC2C1. The second kappa shape index (κ2) is 9.61. The molecule has 0 heterocycles. The van der Waals surface area contributed by atoms with Crippen molar-refractivity contribution in [1.29, 1.82) is 0 Å². The number of hydrogen-bond acceptors (Lipinski definition) is 0. The Morgan fingerprint density at radius 2 is 1.53 bits per heavy atom. The summed E-state index contributed by atoms with van der Waals surface area (Å²) in [6.07, 6.45) is 12.7. The average molecular weight is 405 g/mol. The van der Waals surface area contributed by atoms with E-state index in [1.54, 1.807) is 0 Å². The largest absolute Gasteiger partial charge is 0.204 e. The van der Waals surface area contributed by atoms with Crippen LogP contribution in [-0.2, 0) is 0 Å². The van der Waals surface area contributed by atoms with Gasteiger partial charge in [-0.05, 0) is 105 Å². The number of allylic oxidation sites excluding steroid dienone is 1. The summed E-state index contributed by atoms with van der Waals surface area (Å²) in [6.45, 7) is 3.87. The summed E-state index contributed by atoms with van der Waals surface area (Å²) in [5.41, 5.74) is 2.81. The molecule has 4 rings (SSSR count). The summed E-state index contributed by atoms with van der Waals surface area (Å²) in [5.74, 6) is 7.65. The van der Waals surface area contributed by atoms with E-state index >= 15 is 0 Å². The molecule has 0 aromatic heterocycles.